The molecule has 0 saturated heterocycles. The van der Waals surface area contributed by atoms with Crippen molar-refractivity contribution in [2.45, 2.75) is 44.4 Å². The van der Waals surface area contributed by atoms with E-state index in [4.69, 9.17) is 4.74 Å². The Morgan fingerprint density at radius 3 is 2.43 bits per heavy atom. The van der Waals surface area contributed by atoms with Crippen LogP contribution in [0.4, 0.5) is 0 Å². The SMILES string of the molecule is COc1ccc(C(CC(=O)Cc2ccc(C3CC3)cc2)c2cnc(C)[nH]2)cc1. The smallest absolute Gasteiger partial charge is 0.138 e. The lowest BCUT2D eigenvalue weighted by atomic mass is 9.89. The first-order chi connectivity index (χ1) is 13.6. The molecule has 28 heavy (non-hydrogen) atoms. The minimum atomic E-state index is -0.0367. The Bertz CT molecular complexity index is 937. The van der Waals surface area contributed by atoms with Crippen LogP contribution in [0.3, 0.4) is 0 Å². The zero-order chi connectivity index (χ0) is 19.5. The minimum Gasteiger partial charge on any atom is -0.497 e. The first kappa shape index (κ1) is 18.5. The van der Waals surface area contributed by atoms with Gasteiger partial charge < -0.3 is 9.72 Å². The summed E-state index contributed by atoms with van der Waals surface area (Å²) in [5, 5.41) is 0. The number of benzene rings is 2. The number of rotatable bonds is 8. The maximum atomic E-state index is 12.9. The van der Waals surface area contributed by atoms with Crippen LogP contribution in [0.2, 0.25) is 0 Å². The topological polar surface area (TPSA) is 55.0 Å². The van der Waals surface area contributed by atoms with Crippen molar-refractivity contribution in [2.24, 2.45) is 0 Å². The van der Waals surface area contributed by atoms with E-state index in [1.165, 1.54) is 18.4 Å². The van der Waals surface area contributed by atoms with Crippen LogP contribution < -0.4 is 4.74 Å². The summed E-state index contributed by atoms with van der Waals surface area (Å²) < 4.78 is 5.26. The van der Waals surface area contributed by atoms with Crippen molar-refractivity contribution in [3.8, 4) is 5.75 Å². The Hall–Kier alpha value is -2.88. The van der Waals surface area contributed by atoms with Crippen molar-refractivity contribution in [3.63, 3.8) is 0 Å². The van der Waals surface area contributed by atoms with E-state index in [-0.39, 0.29) is 11.7 Å². The molecule has 1 N–H and O–H groups in total. The number of carbonyl (C=O) groups excluding carboxylic acids is 1. The lowest BCUT2D eigenvalue weighted by molar-refractivity contribution is -0.118. The Labute approximate surface area is 166 Å². The Morgan fingerprint density at radius 1 is 1.14 bits per heavy atom. The summed E-state index contributed by atoms with van der Waals surface area (Å²) in [6.45, 7) is 1.93. The summed E-state index contributed by atoms with van der Waals surface area (Å²) in [6.07, 6.45) is 5.34. The molecule has 0 bridgehead atoms. The number of aryl methyl sites for hydroxylation is 1. The molecule has 1 aliphatic rings. The fourth-order valence-corrected chi connectivity index (χ4v) is 3.71. The van der Waals surface area contributed by atoms with E-state index in [1.807, 2.05) is 37.4 Å². The summed E-state index contributed by atoms with van der Waals surface area (Å²) in [6, 6.07) is 16.5. The molecule has 4 rings (SSSR count). The first-order valence-corrected chi connectivity index (χ1v) is 9.88. The highest BCUT2D eigenvalue weighted by molar-refractivity contribution is 5.82. The normalized spacial score (nSPS) is 14.6. The van der Waals surface area contributed by atoms with E-state index < -0.39 is 0 Å². The molecule has 4 heteroatoms. The molecule has 1 saturated carbocycles. The highest BCUT2D eigenvalue weighted by atomic mass is 16.5. The van der Waals surface area contributed by atoms with E-state index in [1.54, 1.807) is 7.11 Å². The van der Waals surface area contributed by atoms with Gasteiger partial charge in [0, 0.05) is 30.7 Å². The van der Waals surface area contributed by atoms with E-state index in [0.29, 0.717) is 12.8 Å². The number of hydrogen-bond donors (Lipinski definition) is 1. The fourth-order valence-electron chi connectivity index (χ4n) is 3.71. The van der Waals surface area contributed by atoms with Crippen LogP contribution in [0.25, 0.3) is 0 Å². The number of ketones is 1. The molecule has 1 atom stereocenters. The van der Waals surface area contributed by atoms with Gasteiger partial charge in [-0.15, -0.1) is 0 Å². The van der Waals surface area contributed by atoms with Crippen LogP contribution in [0.15, 0.2) is 54.7 Å². The average molecular weight is 374 g/mol. The van der Waals surface area contributed by atoms with E-state index in [9.17, 15) is 4.79 Å². The van der Waals surface area contributed by atoms with Gasteiger partial charge in [-0.3, -0.25) is 4.79 Å². The Kier molecular flexibility index (Phi) is 5.29. The number of imidazole rings is 1. The van der Waals surface area contributed by atoms with E-state index in [2.05, 4.69) is 34.2 Å². The summed E-state index contributed by atoms with van der Waals surface area (Å²) in [7, 11) is 1.66. The number of aromatic nitrogens is 2. The summed E-state index contributed by atoms with van der Waals surface area (Å²) in [5.74, 6) is 2.60. The summed E-state index contributed by atoms with van der Waals surface area (Å²) >= 11 is 0. The summed E-state index contributed by atoms with van der Waals surface area (Å²) in [5.41, 5.74) is 4.55. The second kappa shape index (κ2) is 8.01. The number of H-pyrrole nitrogens is 1. The Morgan fingerprint density at radius 2 is 1.86 bits per heavy atom. The van der Waals surface area contributed by atoms with Crippen molar-refractivity contribution in [3.05, 3.63) is 82.9 Å². The van der Waals surface area contributed by atoms with Gasteiger partial charge in [-0.1, -0.05) is 36.4 Å². The third-order valence-electron chi connectivity index (χ3n) is 5.48. The molecule has 1 heterocycles. The molecular weight excluding hydrogens is 348 g/mol. The van der Waals surface area contributed by atoms with Gasteiger partial charge in [-0.25, -0.2) is 4.98 Å². The predicted octanol–water partition coefficient (Wildman–Crippen LogP) is 4.94. The number of methoxy groups -OCH3 is 1. The van der Waals surface area contributed by atoms with Crippen molar-refractivity contribution in [1.82, 2.24) is 9.97 Å². The molecule has 0 spiro atoms. The second-order valence-corrected chi connectivity index (χ2v) is 7.69. The van der Waals surface area contributed by atoms with Gasteiger partial charge in [-0.05, 0) is 54.5 Å². The molecule has 3 aromatic rings. The van der Waals surface area contributed by atoms with Gasteiger partial charge in [-0.2, -0.15) is 0 Å². The van der Waals surface area contributed by atoms with Gasteiger partial charge in [0.05, 0.1) is 7.11 Å². The van der Waals surface area contributed by atoms with Crippen LogP contribution in [0, 0.1) is 6.92 Å². The van der Waals surface area contributed by atoms with Crippen LogP contribution in [0.5, 0.6) is 5.75 Å². The zero-order valence-corrected chi connectivity index (χ0v) is 16.4. The van der Waals surface area contributed by atoms with Crippen molar-refractivity contribution >= 4 is 5.78 Å². The number of carbonyl (C=O) groups is 1. The predicted molar refractivity (Wildman–Crippen MR) is 110 cm³/mol. The molecular formula is C24H26N2O2. The highest BCUT2D eigenvalue weighted by Gasteiger charge is 2.23. The first-order valence-electron chi connectivity index (χ1n) is 9.88. The third kappa shape index (κ3) is 4.33. The number of aromatic amines is 1. The number of ether oxygens (including phenoxy) is 1. The van der Waals surface area contributed by atoms with E-state index in [0.717, 1.165) is 34.3 Å². The number of nitrogens with zero attached hydrogens (tertiary/aromatic N) is 1. The fraction of sp³-hybridized carbons (Fsp3) is 0.333. The number of nitrogens with one attached hydrogen (secondary N) is 1. The van der Waals surface area contributed by atoms with Crippen LogP contribution in [-0.4, -0.2) is 22.9 Å². The molecule has 4 nitrogen and oxygen atoms in total. The quantitative estimate of drug-likeness (QED) is 0.608. The maximum Gasteiger partial charge on any atom is 0.138 e. The van der Waals surface area contributed by atoms with Gasteiger partial charge in [0.2, 0.25) is 0 Å². The van der Waals surface area contributed by atoms with Gasteiger partial charge in [0.1, 0.15) is 17.4 Å². The molecule has 0 aliphatic heterocycles. The molecule has 1 aromatic heterocycles. The minimum absolute atomic E-state index is 0.0367. The average Bonchev–Trinajstić information content (AvgIpc) is 3.48. The lowest BCUT2D eigenvalue weighted by Gasteiger charge is -2.16. The summed E-state index contributed by atoms with van der Waals surface area (Å²) in [4.78, 5) is 20.5. The monoisotopic (exact) mass is 374 g/mol. The third-order valence-corrected chi connectivity index (χ3v) is 5.48. The molecule has 1 unspecified atom stereocenters. The largest absolute Gasteiger partial charge is 0.497 e. The van der Waals surface area contributed by atoms with Crippen LogP contribution in [-0.2, 0) is 11.2 Å². The van der Waals surface area contributed by atoms with Crippen LogP contribution >= 0.6 is 0 Å². The molecule has 1 aliphatic carbocycles. The zero-order valence-electron chi connectivity index (χ0n) is 16.4. The van der Waals surface area contributed by atoms with Gasteiger partial charge in [0.25, 0.3) is 0 Å². The number of Topliss-reactive ketones (excluding diaryl/α,β-unsaturated/α-hetero) is 1. The van der Waals surface area contributed by atoms with Crippen molar-refractivity contribution in [1.29, 1.82) is 0 Å². The number of hydrogen-bond acceptors (Lipinski definition) is 3. The maximum absolute atomic E-state index is 12.9. The van der Waals surface area contributed by atoms with E-state index >= 15 is 0 Å². The van der Waals surface area contributed by atoms with Gasteiger partial charge >= 0.3 is 0 Å². The van der Waals surface area contributed by atoms with Crippen molar-refractivity contribution in [2.75, 3.05) is 7.11 Å². The molecule has 0 radical (unpaired) electrons. The molecule has 144 valence electrons. The van der Waals surface area contributed by atoms with Crippen LogP contribution in [0.1, 0.15) is 59.3 Å². The molecule has 0 amide bonds. The standard InChI is InChI=1S/C24H26N2O2/c1-16-25-15-24(26-16)23(20-9-11-22(28-2)12-10-20)14-21(27)13-17-3-5-18(6-4-17)19-7-8-19/h3-6,9-12,15,19,23H,7-8,13-14H2,1-2H3,(H,25,26). The molecule has 1 fully saturated rings. The Balaban J connectivity index is 1.49. The van der Waals surface area contributed by atoms with Gasteiger partial charge in [0.15, 0.2) is 0 Å². The highest BCUT2D eigenvalue weighted by Crippen LogP contribution is 2.40. The lowest BCUT2D eigenvalue weighted by Crippen LogP contribution is -2.11. The second-order valence-electron chi connectivity index (χ2n) is 7.69. The molecule has 2 aromatic carbocycles. The van der Waals surface area contributed by atoms with Crippen molar-refractivity contribution < 1.29 is 9.53 Å².